The summed E-state index contributed by atoms with van der Waals surface area (Å²) in [6.07, 6.45) is 1.49. The number of anilines is 1. The van der Waals surface area contributed by atoms with Gasteiger partial charge in [-0.3, -0.25) is 10.1 Å². The summed E-state index contributed by atoms with van der Waals surface area (Å²) in [5, 5.41) is 11.1. The van der Waals surface area contributed by atoms with Gasteiger partial charge >= 0.3 is 5.97 Å². The summed E-state index contributed by atoms with van der Waals surface area (Å²) < 4.78 is 4.76. The molecule has 6 heteroatoms. The molecule has 0 radical (unpaired) electrons. The fourth-order valence-corrected chi connectivity index (χ4v) is 2.46. The van der Waals surface area contributed by atoms with E-state index in [-0.39, 0.29) is 11.7 Å². The van der Waals surface area contributed by atoms with Gasteiger partial charge in [-0.1, -0.05) is 6.07 Å². The van der Waals surface area contributed by atoms with Crippen LogP contribution in [0.15, 0.2) is 18.2 Å². The zero-order chi connectivity index (χ0) is 14.0. The van der Waals surface area contributed by atoms with Crippen LogP contribution >= 0.6 is 0 Å². The molecule has 0 aliphatic carbocycles. The molecular weight excluding hydrogens is 248 g/mol. The molecule has 1 unspecified atom stereocenters. The number of hydrogen-bond donors (Lipinski definition) is 0. The average molecular weight is 264 g/mol. The van der Waals surface area contributed by atoms with Crippen LogP contribution in [-0.2, 0) is 9.53 Å². The Hall–Kier alpha value is -2.11. The fourth-order valence-electron chi connectivity index (χ4n) is 2.46. The van der Waals surface area contributed by atoms with Crippen molar-refractivity contribution >= 4 is 17.3 Å². The van der Waals surface area contributed by atoms with Crippen molar-refractivity contribution in [1.82, 2.24) is 0 Å². The summed E-state index contributed by atoms with van der Waals surface area (Å²) in [6, 6.07) is 4.62. The quantitative estimate of drug-likeness (QED) is 0.474. The van der Waals surface area contributed by atoms with Crippen LogP contribution in [0.4, 0.5) is 11.4 Å². The monoisotopic (exact) mass is 264 g/mol. The number of ether oxygens (including phenoxy) is 1. The lowest BCUT2D eigenvalue weighted by atomic mass is 10.1. The Morgan fingerprint density at radius 3 is 2.89 bits per heavy atom. The van der Waals surface area contributed by atoms with Crippen molar-refractivity contribution in [2.75, 3.05) is 18.6 Å². The number of nitro groups is 1. The van der Waals surface area contributed by atoms with Crippen molar-refractivity contribution in [3.63, 3.8) is 0 Å². The molecule has 102 valence electrons. The van der Waals surface area contributed by atoms with Crippen molar-refractivity contribution in [2.45, 2.75) is 25.8 Å². The molecule has 1 aliphatic heterocycles. The van der Waals surface area contributed by atoms with Gasteiger partial charge in [0.25, 0.3) is 5.69 Å². The van der Waals surface area contributed by atoms with Gasteiger partial charge in [-0.15, -0.1) is 0 Å². The van der Waals surface area contributed by atoms with Crippen LogP contribution in [0.5, 0.6) is 0 Å². The predicted octanol–water partition coefficient (Wildman–Crippen LogP) is 2.05. The maximum absolute atomic E-state index is 11.7. The van der Waals surface area contributed by atoms with E-state index >= 15 is 0 Å². The van der Waals surface area contributed by atoms with Crippen molar-refractivity contribution in [1.29, 1.82) is 0 Å². The SMILES string of the molecule is COC(=O)C1CCCN1c1ccc(C)cc1[N+](=O)[O-]. The Bertz CT molecular complexity index is 515. The zero-order valence-electron chi connectivity index (χ0n) is 11.0. The lowest BCUT2D eigenvalue weighted by Gasteiger charge is -2.24. The number of hydrogen-bond acceptors (Lipinski definition) is 5. The van der Waals surface area contributed by atoms with Gasteiger partial charge in [0.15, 0.2) is 0 Å². The zero-order valence-corrected chi connectivity index (χ0v) is 11.0. The van der Waals surface area contributed by atoms with Gasteiger partial charge < -0.3 is 9.64 Å². The van der Waals surface area contributed by atoms with E-state index in [1.165, 1.54) is 13.2 Å². The second-order valence-electron chi connectivity index (χ2n) is 4.62. The molecule has 2 rings (SSSR count). The number of nitrogens with zero attached hydrogens (tertiary/aromatic N) is 2. The minimum Gasteiger partial charge on any atom is -0.467 e. The highest BCUT2D eigenvalue weighted by Gasteiger charge is 2.34. The van der Waals surface area contributed by atoms with Gasteiger partial charge in [0.1, 0.15) is 11.7 Å². The molecule has 1 heterocycles. The van der Waals surface area contributed by atoms with E-state index in [0.717, 1.165) is 12.0 Å². The Labute approximate surface area is 111 Å². The summed E-state index contributed by atoms with van der Waals surface area (Å²) in [4.78, 5) is 24.2. The van der Waals surface area contributed by atoms with Gasteiger partial charge in [-0.25, -0.2) is 4.79 Å². The second kappa shape index (κ2) is 5.26. The van der Waals surface area contributed by atoms with E-state index in [1.807, 2.05) is 6.07 Å². The molecule has 1 saturated heterocycles. The third kappa shape index (κ3) is 2.52. The normalized spacial score (nSPS) is 18.4. The number of methoxy groups -OCH3 is 1. The third-order valence-corrected chi connectivity index (χ3v) is 3.36. The number of carbonyl (C=O) groups excluding carboxylic acids is 1. The smallest absolute Gasteiger partial charge is 0.328 e. The van der Waals surface area contributed by atoms with E-state index in [0.29, 0.717) is 18.7 Å². The summed E-state index contributed by atoms with van der Waals surface area (Å²) in [6.45, 7) is 2.43. The number of nitro benzene ring substituents is 1. The highest BCUT2D eigenvalue weighted by Crippen LogP contribution is 2.34. The molecule has 1 fully saturated rings. The molecule has 19 heavy (non-hydrogen) atoms. The largest absolute Gasteiger partial charge is 0.467 e. The summed E-state index contributed by atoms with van der Waals surface area (Å²) >= 11 is 0. The number of carbonyl (C=O) groups is 1. The molecule has 0 bridgehead atoms. The van der Waals surface area contributed by atoms with Crippen LogP contribution in [-0.4, -0.2) is 30.6 Å². The fraction of sp³-hybridized carbons (Fsp3) is 0.462. The Kier molecular flexibility index (Phi) is 3.69. The number of benzene rings is 1. The van der Waals surface area contributed by atoms with Gasteiger partial charge in [0.2, 0.25) is 0 Å². The molecule has 1 aliphatic rings. The minimum absolute atomic E-state index is 0.0378. The first-order valence-electron chi connectivity index (χ1n) is 6.14. The average Bonchev–Trinajstić information content (AvgIpc) is 2.86. The topological polar surface area (TPSA) is 72.7 Å². The first kappa shape index (κ1) is 13.3. The van der Waals surface area contributed by atoms with Crippen LogP contribution in [0.3, 0.4) is 0 Å². The van der Waals surface area contributed by atoms with E-state index in [9.17, 15) is 14.9 Å². The van der Waals surface area contributed by atoms with E-state index in [4.69, 9.17) is 4.74 Å². The molecule has 0 aromatic heterocycles. The van der Waals surface area contributed by atoms with Crippen molar-refractivity contribution in [3.8, 4) is 0 Å². The van der Waals surface area contributed by atoms with Gasteiger partial charge in [-0.05, 0) is 31.4 Å². The molecular formula is C13H16N2O4. The predicted molar refractivity (Wildman–Crippen MR) is 70.2 cm³/mol. The molecule has 0 amide bonds. The summed E-state index contributed by atoms with van der Waals surface area (Å²) in [7, 11) is 1.34. The van der Waals surface area contributed by atoms with Crippen molar-refractivity contribution in [3.05, 3.63) is 33.9 Å². The second-order valence-corrected chi connectivity index (χ2v) is 4.62. The Morgan fingerprint density at radius 1 is 1.53 bits per heavy atom. The molecule has 0 saturated carbocycles. The molecule has 6 nitrogen and oxygen atoms in total. The van der Waals surface area contributed by atoms with Crippen LogP contribution < -0.4 is 4.90 Å². The number of rotatable bonds is 3. The van der Waals surface area contributed by atoms with Crippen LogP contribution in [0.25, 0.3) is 0 Å². The van der Waals surface area contributed by atoms with E-state index < -0.39 is 11.0 Å². The molecule has 0 N–H and O–H groups in total. The number of esters is 1. The maximum Gasteiger partial charge on any atom is 0.328 e. The lowest BCUT2D eigenvalue weighted by molar-refractivity contribution is -0.384. The van der Waals surface area contributed by atoms with Crippen molar-refractivity contribution < 1.29 is 14.5 Å². The first-order valence-corrected chi connectivity index (χ1v) is 6.14. The highest BCUT2D eigenvalue weighted by atomic mass is 16.6. The van der Waals surface area contributed by atoms with Crippen LogP contribution in [0, 0.1) is 17.0 Å². The van der Waals surface area contributed by atoms with Gasteiger partial charge in [0.05, 0.1) is 12.0 Å². The van der Waals surface area contributed by atoms with Crippen LogP contribution in [0.1, 0.15) is 18.4 Å². The van der Waals surface area contributed by atoms with Crippen molar-refractivity contribution in [2.24, 2.45) is 0 Å². The highest BCUT2D eigenvalue weighted by molar-refractivity contribution is 5.82. The summed E-state index contributed by atoms with van der Waals surface area (Å²) in [5.41, 5.74) is 1.35. The standard InChI is InChI=1S/C13H16N2O4/c1-9-5-6-10(12(8-9)15(17)18)14-7-3-4-11(14)13(16)19-2/h5-6,8,11H,3-4,7H2,1-2H3. The van der Waals surface area contributed by atoms with Crippen LogP contribution in [0.2, 0.25) is 0 Å². The molecule has 1 aromatic rings. The minimum atomic E-state index is -0.425. The van der Waals surface area contributed by atoms with Gasteiger partial charge in [0, 0.05) is 12.6 Å². The first-order chi connectivity index (χ1) is 9.04. The number of aryl methyl sites for hydroxylation is 1. The summed E-state index contributed by atoms with van der Waals surface area (Å²) in [5.74, 6) is -0.340. The molecule has 1 aromatic carbocycles. The maximum atomic E-state index is 11.7. The third-order valence-electron chi connectivity index (χ3n) is 3.36. The van der Waals surface area contributed by atoms with E-state index in [2.05, 4.69) is 0 Å². The Balaban J connectivity index is 2.40. The Morgan fingerprint density at radius 2 is 2.26 bits per heavy atom. The lowest BCUT2D eigenvalue weighted by Crippen LogP contribution is -2.37. The van der Waals surface area contributed by atoms with Gasteiger partial charge in [-0.2, -0.15) is 0 Å². The van der Waals surface area contributed by atoms with E-state index in [1.54, 1.807) is 17.9 Å². The molecule has 1 atom stereocenters. The molecule has 0 spiro atoms.